The van der Waals surface area contributed by atoms with Crippen LogP contribution in [0, 0.1) is 11.3 Å². The Balaban J connectivity index is 1.68. The molecule has 1 aromatic carbocycles. The summed E-state index contributed by atoms with van der Waals surface area (Å²) in [5, 5.41) is 8.65. The van der Waals surface area contributed by atoms with Gasteiger partial charge in [-0.3, -0.25) is 0 Å². The zero-order valence-corrected chi connectivity index (χ0v) is 9.96. The van der Waals surface area contributed by atoms with Crippen LogP contribution in [-0.4, -0.2) is 37.3 Å². The fourth-order valence-corrected chi connectivity index (χ4v) is 1.70. The van der Waals surface area contributed by atoms with Crippen LogP contribution in [0.3, 0.4) is 0 Å². The first-order valence-electron chi connectivity index (χ1n) is 5.84. The lowest BCUT2D eigenvalue weighted by Gasteiger charge is -2.12. The molecule has 1 aliphatic heterocycles. The van der Waals surface area contributed by atoms with Gasteiger partial charge in [0.2, 0.25) is 0 Å². The highest BCUT2D eigenvalue weighted by atomic mass is 16.6. The maximum absolute atomic E-state index is 11.1. The van der Waals surface area contributed by atoms with Crippen LogP contribution in [0.15, 0.2) is 24.3 Å². The first kappa shape index (κ1) is 12.2. The smallest absolute Gasteiger partial charge is 0.409 e. The molecule has 1 fully saturated rings. The predicted octanol–water partition coefficient (Wildman–Crippen LogP) is 1.78. The molecule has 0 radical (unpaired) electrons. The molecule has 18 heavy (non-hydrogen) atoms. The number of rotatable bonds is 5. The summed E-state index contributed by atoms with van der Waals surface area (Å²) in [6.45, 7) is 2.33. The topological polar surface area (TPSA) is 62.6 Å². The zero-order valence-electron chi connectivity index (χ0n) is 9.96. The number of hydrogen-bond donors (Lipinski definition) is 0. The monoisotopic (exact) mass is 246 g/mol. The number of carbonyl (C=O) groups is 1. The zero-order chi connectivity index (χ0) is 12.8. The van der Waals surface area contributed by atoms with Gasteiger partial charge in [0.05, 0.1) is 24.8 Å². The molecule has 94 valence electrons. The summed E-state index contributed by atoms with van der Waals surface area (Å²) in [6, 6.07) is 9.01. The molecule has 5 nitrogen and oxygen atoms in total. The second-order valence-electron chi connectivity index (χ2n) is 3.94. The van der Waals surface area contributed by atoms with Crippen molar-refractivity contribution in [1.82, 2.24) is 4.90 Å². The average Bonchev–Trinajstić information content (AvgIpc) is 2.81. The molecule has 0 spiro atoms. The SMILES string of the molecule is N#Cc1ccc(OCCCN2CCOC2=O)cc1. The van der Waals surface area contributed by atoms with Gasteiger partial charge in [-0.2, -0.15) is 5.26 Å². The molecule has 0 bridgehead atoms. The van der Waals surface area contributed by atoms with Gasteiger partial charge in [-0.25, -0.2) is 4.79 Å². The highest BCUT2D eigenvalue weighted by Crippen LogP contribution is 2.12. The van der Waals surface area contributed by atoms with Gasteiger partial charge in [-0.1, -0.05) is 0 Å². The molecule has 0 aliphatic carbocycles. The van der Waals surface area contributed by atoms with E-state index in [2.05, 4.69) is 0 Å². The van der Waals surface area contributed by atoms with Gasteiger partial charge in [0, 0.05) is 6.54 Å². The lowest BCUT2D eigenvalue weighted by atomic mass is 10.2. The van der Waals surface area contributed by atoms with E-state index in [1.165, 1.54) is 0 Å². The number of nitriles is 1. The molecule has 0 saturated carbocycles. The van der Waals surface area contributed by atoms with Gasteiger partial charge in [0.1, 0.15) is 12.4 Å². The van der Waals surface area contributed by atoms with E-state index in [9.17, 15) is 4.79 Å². The lowest BCUT2D eigenvalue weighted by Crippen LogP contribution is -2.26. The molecule has 0 N–H and O–H groups in total. The minimum absolute atomic E-state index is 0.242. The van der Waals surface area contributed by atoms with Crippen LogP contribution in [0.25, 0.3) is 0 Å². The summed E-state index contributed by atoms with van der Waals surface area (Å²) < 4.78 is 10.3. The second-order valence-corrected chi connectivity index (χ2v) is 3.94. The van der Waals surface area contributed by atoms with Crippen LogP contribution in [-0.2, 0) is 4.74 Å². The minimum atomic E-state index is -0.242. The summed E-state index contributed by atoms with van der Waals surface area (Å²) in [5.74, 6) is 0.734. The van der Waals surface area contributed by atoms with Crippen molar-refractivity contribution in [3.05, 3.63) is 29.8 Å². The fraction of sp³-hybridized carbons (Fsp3) is 0.385. The largest absolute Gasteiger partial charge is 0.494 e. The molecule has 0 aromatic heterocycles. The average molecular weight is 246 g/mol. The third-order valence-corrected chi connectivity index (χ3v) is 2.67. The Kier molecular flexibility index (Phi) is 4.02. The lowest BCUT2D eigenvalue weighted by molar-refractivity contribution is 0.156. The molecule has 1 heterocycles. The predicted molar refractivity (Wildman–Crippen MR) is 64.2 cm³/mol. The molecule has 1 amide bonds. The Morgan fingerprint density at radius 3 is 2.78 bits per heavy atom. The molecule has 5 heteroatoms. The van der Waals surface area contributed by atoms with Crippen molar-refractivity contribution >= 4 is 6.09 Å². The molecule has 1 saturated heterocycles. The van der Waals surface area contributed by atoms with E-state index in [1.54, 1.807) is 29.2 Å². The van der Waals surface area contributed by atoms with Crippen molar-refractivity contribution in [2.75, 3.05) is 26.3 Å². The van der Waals surface area contributed by atoms with E-state index in [-0.39, 0.29) is 6.09 Å². The number of carbonyl (C=O) groups excluding carboxylic acids is 1. The standard InChI is InChI=1S/C13H14N2O3/c14-10-11-2-4-12(5-3-11)17-8-1-6-15-7-9-18-13(15)16/h2-5H,1,6-9H2. The molecule has 1 aromatic rings. The molecule has 2 rings (SSSR count). The summed E-state index contributed by atoms with van der Waals surface area (Å²) in [6.07, 6.45) is 0.517. The van der Waals surface area contributed by atoms with Crippen LogP contribution in [0.1, 0.15) is 12.0 Å². The van der Waals surface area contributed by atoms with E-state index < -0.39 is 0 Å². The maximum atomic E-state index is 11.1. The first-order chi connectivity index (χ1) is 8.79. The van der Waals surface area contributed by atoms with E-state index in [1.807, 2.05) is 6.07 Å². The van der Waals surface area contributed by atoms with Crippen LogP contribution in [0.5, 0.6) is 5.75 Å². The van der Waals surface area contributed by atoms with Gasteiger partial charge in [-0.05, 0) is 30.7 Å². The summed E-state index contributed by atoms with van der Waals surface area (Å²) in [7, 11) is 0. The minimum Gasteiger partial charge on any atom is -0.494 e. The van der Waals surface area contributed by atoms with Crippen molar-refractivity contribution < 1.29 is 14.3 Å². The second kappa shape index (κ2) is 5.92. The van der Waals surface area contributed by atoms with Gasteiger partial charge < -0.3 is 14.4 Å². The number of nitrogens with zero attached hydrogens (tertiary/aromatic N) is 2. The van der Waals surface area contributed by atoms with E-state index in [0.29, 0.717) is 31.9 Å². The Hall–Kier alpha value is -2.22. The van der Waals surface area contributed by atoms with Crippen LogP contribution >= 0.6 is 0 Å². The number of ether oxygens (including phenoxy) is 2. The normalized spacial score (nSPS) is 14.2. The third kappa shape index (κ3) is 3.14. The van der Waals surface area contributed by atoms with E-state index >= 15 is 0 Å². The molecule has 1 aliphatic rings. The number of amides is 1. The molecular formula is C13H14N2O3. The highest BCUT2D eigenvalue weighted by Gasteiger charge is 2.20. The van der Waals surface area contributed by atoms with Gasteiger partial charge in [0.25, 0.3) is 0 Å². The molecule has 0 atom stereocenters. The maximum Gasteiger partial charge on any atom is 0.409 e. The quantitative estimate of drug-likeness (QED) is 0.743. The third-order valence-electron chi connectivity index (χ3n) is 2.67. The summed E-state index contributed by atoms with van der Waals surface area (Å²) in [4.78, 5) is 12.8. The Morgan fingerprint density at radius 2 is 2.17 bits per heavy atom. The van der Waals surface area contributed by atoms with Crippen molar-refractivity contribution in [1.29, 1.82) is 5.26 Å². The number of benzene rings is 1. The number of cyclic esters (lactones) is 1. The van der Waals surface area contributed by atoms with Crippen molar-refractivity contribution in [2.45, 2.75) is 6.42 Å². The van der Waals surface area contributed by atoms with Crippen molar-refractivity contribution in [2.24, 2.45) is 0 Å². The van der Waals surface area contributed by atoms with Crippen molar-refractivity contribution in [3.63, 3.8) is 0 Å². The Labute approximate surface area is 106 Å². The summed E-state index contributed by atoms with van der Waals surface area (Å²) >= 11 is 0. The van der Waals surface area contributed by atoms with Crippen LogP contribution in [0.2, 0.25) is 0 Å². The van der Waals surface area contributed by atoms with Gasteiger partial charge in [0.15, 0.2) is 0 Å². The molecular weight excluding hydrogens is 232 g/mol. The van der Waals surface area contributed by atoms with Gasteiger partial charge >= 0.3 is 6.09 Å². The fourth-order valence-electron chi connectivity index (χ4n) is 1.70. The van der Waals surface area contributed by atoms with Crippen molar-refractivity contribution in [3.8, 4) is 11.8 Å². The first-order valence-corrected chi connectivity index (χ1v) is 5.84. The van der Waals surface area contributed by atoms with E-state index in [4.69, 9.17) is 14.7 Å². The summed E-state index contributed by atoms with van der Waals surface area (Å²) in [5.41, 5.74) is 0.613. The Bertz CT molecular complexity index is 450. The molecule has 0 unspecified atom stereocenters. The number of hydrogen-bond acceptors (Lipinski definition) is 4. The highest BCUT2D eigenvalue weighted by molar-refractivity contribution is 5.69. The van der Waals surface area contributed by atoms with E-state index in [0.717, 1.165) is 12.2 Å². The van der Waals surface area contributed by atoms with Gasteiger partial charge in [-0.15, -0.1) is 0 Å². The van der Waals surface area contributed by atoms with Crippen LogP contribution < -0.4 is 4.74 Å². The Morgan fingerprint density at radius 1 is 1.39 bits per heavy atom. The van der Waals surface area contributed by atoms with Crippen LogP contribution in [0.4, 0.5) is 4.79 Å².